The van der Waals surface area contributed by atoms with Gasteiger partial charge in [-0.25, -0.2) is 12.8 Å². The third-order valence-corrected chi connectivity index (χ3v) is 6.13. The second-order valence-corrected chi connectivity index (χ2v) is 9.40. The molecule has 33 heavy (non-hydrogen) atoms. The van der Waals surface area contributed by atoms with Gasteiger partial charge in [-0.2, -0.15) is 0 Å². The number of rotatable bonds is 10. The van der Waals surface area contributed by atoms with Crippen LogP contribution in [-0.4, -0.2) is 33.7 Å². The van der Waals surface area contributed by atoms with E-state index in [1.807, 2.05) is 37.3 Å². The Balaban J connectivity index is 1.82. The Kier molecular flexibility index (Phi) is 8.06. The van der Waals surface area contributed by atoms with E-state index in [1.54, 1.807) is 18.2 Å². The molecule has 0 aliphatic rings. The van der Waals surface area contributed by atoms with Crippen molar-refractivity contribution in [2.45, 2.75) is 19.9 Å². The van der Waals surface area contributed by atoms with Crippen molar-refractivity contribution in [2.75, 3.05) is 23.7 Å². The Morgan fingerprint density at radius 3 is 2.36 bits per heavy atom. The molecule has 3 rings (SSSR count). The van der Waals surface area contributed by atoms with Crippen molar-refractivity contribution < 1.29 is 22.3 Å². The highest BCUT2D eigenvalue weighted by Crippen LogP contribution is 2.27. The summed E-state index contributed by atoms with van der Waals surface area (Å²) in [5.41, 5.74) is 2.36. The largest absolute Gasteiger partial charge is 0.494 e. The minimum absolute atomic E-state index is 0.0645. The van der Waals surface area contributed by atoms with Crippen molar-refractivity contribution in [2.24, 2.45) is 0 Å². The molecule has 0 fully saturated rings. The summed E-state index contributed by atoms with van der Waals surface area (Å²) in [5.74, 6) is -0.242. The number of hydrogen-bond donors (Lipinski definition) is 1. The molecule has 0 unspecified atom stereocenters. The molecule has 8 heteroatoms. The first-order chi connectivity index (χ1) is 15.8. The Morgan fingerprint density at radius 2 is 1.73 bits per heavy atom. The van der Waals surface area contributed by atoms with Gasteiger partial charge in [-0.3, -0.25) is 9.10 Å². The van der Waals surface area contributed by atoms with Crippen molar-refractivity contribution in [3.63, 3.8) is 0 Å². The van der Waals surface area contributed by atoms with E-state index in [0.717, 1.165) is 16.1 Å². The molecule has 0 atom stereocenters. The number of nitrogens with one attached hydrogen (secondary N) is 1. The fourth-order valence-corrected chi connectivity index (χ4v) is 4.25. The summed E-state index contributed by atoms with van der Waals surface area (Å²) in [4.78, 5) is 12.7. The maximum atomic E-state index is 13.4. The van der Waals surface area contributed by atoms with Gasteiger partial charge < -0.3 is 10.1 Å². The number of carbonyl (C=O) groups is 1. The van der Waals surface area contributed by atoms with Crippen LogP contribution in [0.5, 0.6) is 5.75 Å². The number of carbonyl (C=O) groups excluding carboxylic acids is 1. The van der Waals surface area contributed by atoms with Crippen molar-refractivity contribution >= 4 is 21.6 Å². The summed E-state index contributed by atoms with van der Waals surface area (Å²) in [5, 5.41) is 2.89. The minimum atomic E-state index is -3.68. The zero-order valence-corrected chi connectivity index (χ0v) is 19.4. The third-order valence-electron chi connectivity index (χ3n) is 4.99. The van der Waals surface area contributed by atoms with Crippen LogP contribution in [0.1, 0.15) is 28.4 Å². The van der Waals surface area contributed by atoms with Gasteiger partial charge in [0.2, 0.25) is 10.0 Å². The Bertz CT molecular complexity index is 1180. The monoisotopic (exact) mass is 470 g/mol. The predicted octanol–water partition coefficient (Wildman–Crippen LogP) is 4.16. The predicted molar refractivity (Wildman–Crippen MR) is 128 cm³/mol. The second kappa shape index (κ2) is 11.0. The van der Waals surface area contributed by atoms with Gasteiger partial charge in [-0.1, -0.05) is 30.3 Å². The molecule has 3 aromatic rings. The van der Waals surface area contributed by atoms with Gasteiger partial charge >= 0.3 is 0 Å². The highest BCUT2D eigenvalue weighted by Gasteiger charge is 2.21. The van der Waals surface area contributed by atoms with Crippen molar-refractivity contribution in [1.82, 2.24) is 5.32 Å². The van der Waals surface area contributed by atoms with E-state index < -0.39 is 15.8 Å². The average Bonchev–Trinajstić information content (AvgIpc) is 2.79. The first kappa shape index (κ1) is 24.3. The maximum Gasteiger partial charge on any atom is 0.251 e. The smallest absolute Gasteiger partial charge is 0.251 e. The topological polar surface area (TPSA) is 75.7 Å². The van der Waals surface area contributed by atoms with Crippen LogP contribution in [-0.2, 0) is 23.0 Å². The lowest BCUT2D eigenvalue weighted by molar-refractivity contribution is 0.0954. The summed E-state index contributed by atoms with van der Waals surface area (Å²) in [6.07, 6.45) is 1.78. The summed E-state index contributed by atoms with van der Waals surface area (Å²) in [6.45, 7) is 2.61. The molecular weight excluding hydrogens is 443 g/mol. The Labute approximate surface area is 194 Å². The molecule has 174 valence electrons. The summed E-state index contributed by atoms with van der Waals surface area (Å²) < 4.78 is 45.2. The zero-order chi connectivity index (χ0) is 23.8. The van der Waals surface area contributed by atoms with Crippen LogP contribution >= 0.6 is 0 Å². The van der Waals surface area contributed by atoms with Crippen LogP contribution in [0, 0.1) is 5.82 Å². The van der Waals surface area contributed by atoms with E-state index in [9.17, 15) is 17.6 Å². The van der Waals surface area contributed by atoms with E-state index in [2.05, 4.69) is 5.32 Å². The van der Waals surface area contributed by atoms with Gasteiger partial charge in [0.05, 0.1) is 25.1 Å². The summed E-state index contributed by atoms with van der Waals surface area (Å²) in [7, 11) is -3.68. The van der Waals surface area contributed by atoms with Crippen LogP contribution in [0.2, 0.25) is 0 Å². The minimum Gasteiger partial charge on any atom is -0.494 e. The van der Waals surface area contributed by atoms with Gasteiger partial charge in [0.15, 0.2) is 0 Å². The van der Waals surface area contributed by atoms with Crippen LogP contribution in [0.4, 0.5) is 10.1 Å². The molecule has 0 aliphatic heterocycles. The average molecular weight is 471 g/mol. The second-order valence-electron chi connectivity index (χ2n) is 7.49. The fraction of sp³-hybridized carbons (Fsp3) is 0.240. The molecule has 0 spiro atoms. The highest BCUT2D eigenvalue weighted by molar-refractivity contribution is 7.92. The summed E-state index contributed by atoms with van der Waals surface area (Å²) >= 11 is 0. The van der Waals surface area contributed by atoms with Crippen LogP contribution in [0.3, 0.4) is 0 Å². The lowest BCUT2D eigenvalue weighted by atomic mass is 10.1. The van der Waals surface area contributed by atoms with E-state index in [1.165, 1.54) is 24.3 Å². The lowest BCUT2D eigenvalue weighted by Crippen LogP contribution is -2.30. The SMILES string of the molecule is CCOc1ccc(C(=O)NCCc2ccccc2)cc1CN(c1ccc(F)cc1)S(C)(=O)=O. The fourth-order valence-electron chi connectivity index (χ4n) is 3.37. The number of ether oxygens (including phenoxy) is 1. The summed E-state index contributed by atoms with van der Waals surface area (Å²) in [6, 6.07) is 20.0. The standard InChI is InChI=1S/C25H27FN2O4S/c1-3-32-24-14-9-20(25(29)27-16-15-19-7-5-4-6-8-19)17-21(24)18-28(33(2,30)31)23-12-10-22(26)11-13-23/h4-14,17H,3,15-16,18H2,1-2H3,(H,27,29). The van der Waals surface area contributed by atoms with Gasteiger partial charge in [-0.15, -0.1) is 0 Å². The third kappa shape index (κ3) is 6.79. The zero-order valence-electron chi connectivity index (χ0n) is 18.6. The Hall–Kier alpha value is -3.39. The van der Waals surface area contributed by atoms with Gasteiger partial charge in [-0.05, 0) is 61.4 Å². The van der Waals surface area contributed by atoms with E-state index in [0.29, 0.717) is 42.1 Å². The van der Waals surface area contributed by atoms with Crippen LogP contribution < -0.4 is 14.4 Å². The van der Waals surface area contributed by atoms with Crippen LogP contribution in [0.15, 0.2) is 72.8 Å². The quantitative estimate of drug-likeness (QED) is 0.483. The molecule has 1 amide bonds. The normalized spacial score (nSPS) is 11.1. The van der Waals surface area contributed by atoms with Crippen molar-refractivity contribution in [3.8, 4) is 5.75 Å². The molecule has 6 nitrogen and oxygen atoms in total. The van der Waals surface area contributed by atoms with E-state index in [4.69, 9.17) is 4.74 Å². The van der Waals surface area contributed by atoms with Crippen LogP contribution in [0.25, 0.3) is 0 Å². The van der Waals surface area contributed by atoms with Gasteiger partial charge in [0.25, 0.3) is 5.91 Å². The molecule has 3 aromatic carbocycles. The van der Waals surface area contributed by atoms with Gasteiger partial charge in [0, 0.05) is 17.7 Å². The molecule has 0 saturated heterocycles. The number of sulfonamides is 1. The molecule has 0 aliphatic carbocycles. The first-order valence-electron chi connectivity index (χ1n) is 10.6. The molecule has 0 aromatic heterocycles. The van der Waals surface area contributed by atoms with E-state index >= 15 is 0 Å². The maximum absolute atomic E-state index is 13.4. The molecular formula is C25H27FN2O4S. The van der Waals surface area contributed by atoms with Crippen molar-refractivity contribution in [1.29, 1.82) is 0 Å². The van der Waals surface area contributed by atoms with E-state index in [-0.39, 0.29) is 12.5 Å². The number of hydrogen-bond acceptors (Lipinski definition) is 4. The van der Waals surface area contributed by atoms with Gasteiger partial charge in [0.1, 0.15) is 11.6 Å². The number of anilines is 1. The van der Waals surface area contributed by atoms with Crippen molar-refractivity contribution in [3.05, 3.63) is 95.3 Å². The number of amides is 1. The number of nitrogens with zero attached hydrogens (tertiary/aromatic N) is 1. The lowest BCUT2D eigenvalue weighted by Gasteiger charge is -2.24. The molecule has 0 heterocycles. The molecule has 0 saturated carbocycles. The number of benzene rings is 3. The Morgan fingerprint density at radius 1 is 1.03 bits per heavy atom. The first-order valence-corrected chi connectivity index (χ1v) is 12.4. The highest BCUT2D eigenvalue weighted by atomic mass is 32.2. The number of halogens is 1. The molecule has 0 radical (unpaired) electrons. The molecule has 1 N–H and O–H groups in total. The molecule has 0 bridgehead atoms.